The van der Waals surface area contributed by atoms with E-state index < -0.39 is 15.6 Å². The van der Waals surface area contributed by atoms with Gasteiger partial charge in [0.2, 0.25) is 5.91 Å². The van der Waals surface area contributed by atoms with Gasteiger partial charge >= 0.3 is 0 Å². The molecule has 1 saturated heterocycles. The zero-order chi connectivity index (χ0) is 16.9. The van der Waals surface area contributed by atoms with Gasteiger partial charge in [-0.15, -0.1) is 0 Å². The van der Waals surface area contributed by atoms with E-state index in [0.717, 1.165) is 5.56 Å². The van der Waals surface area contributed by atoms with Crippen LogP contribution in [0.4, 0.5) is 0 Å². The van der Waals surface area contributed by atoms with Crippen LogP contribution in [0.25, 0.3) is 0 Å². The molecule has 0 saturated carbocycles. The molecule has 0 aromatic heterocycles. The molecule has 0 spiro atoms. The van der Waals surface area contributed by atoms with E-state index in [1.54, 1.807) is 17.0 Å². The second-order valence-corrected chi connectivity index (χ2v) is 8.07. The predicted molar refractivity (Wildman–Crippen MR) is 89.3 cm³/mol. The second kappa shape index (κ2) is 8.10. The van der Waals surface area contributed by atoms with Gasteiger partial charge < -0.3 is 15.0 Å². The molecule has 0 radical (unpaired) electrons. The summed E-state index contributed by atoms with van der Waals surface area (Å²) >= 11 is 6.02. The Kier molecular flexibility index (Phi) is 6.41. The van der Waals surface area contributed by atoms with Crippen molar-refractivity contribution in [3.05, 3.63) is 34.9 Å². The van der Waals surface area contributed by atoms with Gasteiger partial charge in [-0.3, -0.25) is 4.79 Å². The van der Waals surface area contributed by atoms with Crippen molar-refractivity contribution in [1.29, 1.82) is 0 Å². The molecule has 1 aromatic carbocycles. The maximum atomic E-state index is 12.5. The number of nitrogens with one attached hydrogen (secondary N) is 1. The first-order valence-corrected chi connectivity index (χ1v) is 9.58. The maximum absolute atomic E-state index is 12.5. The number of rotatable bonds is 6. The number of halogens is 1. The van der Waals surface area contributed by atoms with Gasteiger partial charge in [0.15, 0.2) is 9.84 Å². The van der Waals surface area contributed by atoms with Crippen LogP contribution in [-0.4, -0.2) is 64.1 Å². The van der Waals surface area contributed by atoms with Crippen molar-refractivity contribution in [3.63, 3.8) is 0 Å². The van der Waals surface area contributed by atoms with E-state index in [9.17, 15) is 13.2 Å². The highest BCUT2D eigenvalue weighted by molar-refractivity contribution is 7.92. The molecule has 8 heteroatoms. The van der Waals surface area contributed by atoms with Crippen LogP contribution in [0.2, 0.25) is 5.02 Å². The number of benzene rings is 1. The van der Waals surface area contributed by atoms with Gasteiger partial charge in [0.25, 0.3) is 0 Å². The summed E-state index contributed by atoms with van der Waals surface area (Å²) in [5, 5.41) is 3.82. The summed E-state index contributed by atoms with van der Waals surface area (Å²) in [5.74, 6) is -1.02. The van der Waals surface area contributed by atoms with E-state index >= 15 is 0 Å². The van der Waals surface area contributed by atoms with Gasteiger partial charge in [0, 0.05) is 31.8 Å². The summed E-state index contributed by atoms with van der Waals surface area (Å²) in [4.78, 5) is 14.1. The minimum Gasteiger partial charge on any atom is -0.384 e. The molecule has 2 rings (SSSR count). The molecular weight excluding hydrogens is 340 g/mol. The van der Waals surface area contributed by atoms with E-state index in [1.807, 2.05) is 12.1 Å². The number of ether oxygens (including phenoxy) is 1. The van der Waals surface area contributed by atoms with Gasteiger partial charge in [0.05, 0.1) is 18.4 Å². The smallest absolute Gasteiger partial charge is 0.238 e. The Morgan fingerprint density at radius 3 is 2.96 bits per heavy atom. The zero-order valence-electron chi connectivity index (χ0n) is 13.0. The van der Waals surface area contributed by atoms with E-state index in [2.05, 4.69) is 5.32 Å². The Hall–Kier alpha value is -1.15. The summed E-state index contributed by atoms with van der Waals surface area (Å²) in [6.45, 7) is 1.77. The Morgan fingerprint density at radius 2 is 2.26 bits per heavy atom. The number of piperazine rings is 1. The molecule has 1 aromatic rings. The van der Waals surface area contributed by atoms with Crippen molar-refractivity contribution in [2.45, 2.75) is 6.04 Å². The first-order valence-electron chi connectivity index (χ1n) is 7.38. The molecule has 1 aliphatic heterocycles. The van der Waals surface area contributed by atoms with Crippen LogP contribution in [0.5, 0.6) is 0 Å². The third-order valence-corrected chi connectivity index (χ3v) is 5.45. The van der Waals surface area contributed by atoms with Crippen molar-refractivity contribution in [1.82, 2.24) is 10.2 Å². The van der Waals surface area contributed by atoms with Gasteiger partial charge in [0.1, 0.15) is 5.75 Å². The number of carbonyl (C=O) groups is 1. The number of amides is 1. The molecule has 1 amide bonds. The van der Waals surface area contributed by atoms with Gasteiger partial charge in [-0.25, -0.2) is 8.42 Å². The molecule has 1 heterocycles. The van der Waals surface area contributed by atoms with Gasteiger partial charge in [-0.05, 0) is 17.7 Å². The van der Waals surface area contributed by atoms with E-state index in [-0.39, 0.29) is 24.3 Å². The van der Waals surface area contributed by atoms with E-state index in [0.29, 0.717) is 24.7 Å². The number of methoxy groups -OCH3 is 1. The van der Waals surface area contributed by atoms with Crippen LogP contribution >= 0.6 is 11.6 Å². The predicted octanol–water partition coefficient (Wildman–Crippen LogP) is 0.874. The summed E-state index contributed by atoms with van der Waals surface area (Å²) in [6.07, 6.45) is 0. The van der Waals surface area contributed by atoms with Crippen LogP contribution in [0, 0.1) is 0 Å². The summed E-state index contributed by atoms with van der Waals surface area (Å²) in [6, 6.07) is 7.07. The third-order valence-electron chi connectivity index (χ3n) is 3.74. The fourth-order valence-electron chi connectivity index (χ4n) is 2.57. The van der Waals surface area contributed by atoms with Crippen LogP contribution in [0.1, 0.15) is 11.6 Å². The molecule has 1 unspecified atom stereocenters. The molecule has 128 valence electrons. The number of hydrogen-bond acceptors (Lipinski definition) is 5. The Labute approximate surface area is 141 Å². The number of carbonyl (C=O) groups excluding carboxylic acids is 1. The first kappa shape index (κ1) is 18.2. The monoisotopic (exact) mass is 360 g/mol. The van der Waals surface area contributed by atoms with Gasteiger partial charge in [-0.1, -0.05) is 23.7 Å². The van der Waals surface area contributed by atoms with Crippen molar-refractivity contribution in [2.75, 3.05) is 44.9 Å². The topological polar surface area (TPSA) is 75.7 Å². The molecule has 0 bridgehead atoms. The van der Waals surface area contributed by atoms with Crippen LogP contribution in [0.3, 0.4) is 0 Å². The largest absolute Gasteiger partial charge is 0.384 e. The Bertz CT molecular complexity index is 651. The lowest BCUT2D eigenvalue weighted by molar-refractivity contribution is -0.131. The maximum Gasteiger partial charge on any atom is 0.238 e. The molecule has 1 N–H and O–H groups in total. The highest BCUT2D eigenvalue weighted by Crippen LogP contribution is 2.25. The Morgan fingerprint density at radius 1 is 1.48 bits per heavy atom. The normalized spacial score (nSPS) is 18.9. The third kappa shape index (κ3) is 5.17. The highest BCUT2D eigenvalue weighted by Gasteiger charge is 2.30. The first-order chi connectivity index (χ1) is 10.9. The second-order valence-electron chi connectivity index (χ2n) is 5.45. The molecule has 1 aliphatic rings. The van der Waals surface area contributed by atoms with Crippen LogP contribution < -0.4 is 5.32 Å². The van der Waals surface area contributed by atoms with Crippen molar-refractivity contribution in [2.24, 2.45) is 0 Å². The summed E-state index contributed by atoms with van der Waals surface area (Å²) < 4.78 is 28.7. The number of hydrogen-bond donors (Lipinski definition) is 1. The van der Waals surface area contributed by atoms with Crippen molar-refractivity contribution >= 4 is 27.3 Å². The molecule has 0 aliphatic carbocycles. The summed E-state index contributed by atoms with van der Waals surface area (Å²) in [7, 11) is -2.04. The minimum absolute atomic E-state index is 0.0922. The minimum atomic E-state index is -3.47. The van der Waals surface area contributed by atoms with E-state index in [4.69, 9.17) is 16.3 Å². The molecule has 6 nitrogen and oxygen atoms in total. The SMILES string of the molecule is COCCS(=O)(=O)CC(=O)N1CCNCC1c1cccc(Cl)c1. The number of sulfone groups is 1. The van der Waals surface area contributed by atoms with Crippen LogP contribution in [0.15, 0.2) is 24.3 Å². The lowest BCUT2D eigenvalue weighted by Crippen LogP contribution is -2.50. The van der Waals surface area contributed by atoms with Gasteiger partial charge in [-0.2, -0.15) is 0 Å². The van der Waals surface area contributed by atoms with Crippen LogP contribution in [-0.2, 0) is 19.4 Å². The lowest BCUT2D eigenvalue weighted by Gasteiger charge is -2.36. The molecule has 1 fully saturated rings. The average Bonchev–Trinajstić information content (AvgIpc) is 2.52. The standard InChI is InChI=1S/C15H21ClN2O4S/c1-22-7-8-23(20,21)11-15(19)18-6-5-17-10-14(18)12-3-2-4-13(16)9-12/h2-4,9,14,17H,5-8,10-11H2,1H3. The van der Waals surface area contributed by atoms with E-state index in [1.165, 1.54) is 7.11 Å². The Balaban J connectivity index is 2.13. The number of nitrogens with zero attached hydrogens (tertiary/aromatic N) is 1. The zero-order valence-corrected chi connectivity index (χ0v) is 14.6. The molecular formula is C15H21ClN2O4S. The quantitative estimate of drug-likeness (QED) is 0.814. The molecule has 23 heavy (non-hydrogen) atoms. The average molecular weight is 361 g/mol. The fourth-order valence-corrected chi connectivity index (χ4v) is 3.87. The van der Waals surface area contributed by atoms with Crippen molar-refractivity contribution < 1.29 is 17.9 Å². The highest BCUT2D eigenvalue weighted by atomic mass is 35.5. The van der Waals surface area contributed by atoms with Crippen molar-refractivity contribution in [3.8, 4) is 0 Å². The molecule has 1 atom stereocenters. The fraction of sp³-hybridized carbons (Fsp3) is 0.533. The summed E-state index contributed by atoms with van der Waals surface area (Å²) in [5.41, 5.74) is 0.896. The lowest BCUT2D eigenvalue weighted by atomic mass is 10.0.